The lowest BCUT2D eigenvalue weighted by molar-refractivity contribution is 0.660. The van der Waals surface area contributed by atoms with Crippen LogP contribution in [0.15, 0.2) is 188 Å². The number of benzene rings is 8. The van der Waals surface area contributed by atoms with Gasteiger partial charge in [-0.1, -0.05) is 173 Å². The maximum absolute atomic E-state index is 2.43. The number of rotatable bonds is 6. The number of anilines is 3. The van der Waals surface area contributed by atoms with Crippen molar-refractivity contribution in [2.75, 3.05) is 4.90 Å². The second kappa shape index (κ2) is 13.0. The standard InChI is InChI=1S/C56H43NS/c1-55(2)49-19-10-8-15-45(49)46-34-33-43(35-50(46)55)57(41-29-25-39(26-30-41)38-23-21-37(22-24-38)36-13-6-5-7-14-36)42-31-27-40(28-32-42)44-17-12-18-48-52(44)56(3,4)53-47-16-9-11-20-51(47)58-54(48)53/h5-35H,1-4H3. The lowest BCUT2D eigenvalue weighted by atomic mass is 9.78. The minimum absolute atomic E-state index is 0.0964. The van der Waals surface area contributed by atoms with Gasteiger partial charge in [-0.3, -0.25) is 0 Å². The molecule has 58 heavy (non-hydrogen) atoms. The molecule has 0 bridgehead atoms. The largest absolute Gasteiger partial charge is 0.310 e. The maximum Gasteiger partial charge on any atom is 0.0465 e. The van der Waals surface area contributed by atoms with Gasteiger partial charge in [0.05, 0.1) is 0 Å². The van der Waals surface area contributed by atoms with E-state index in [1.807, 2.05) is 11.3 Å². The van der Waals surface area contributed by atoms with E-state index in [9.17, 15) is 0 Å². The molecule has 0 radical (unpaired) electrons. The van der Waals surface area contributed by atoms with Crippen LogP contribution in [0.1, 0.15) is 49.9 Å². The van der Waals surface area contributed by atoms with Crippen LogP contribution in [0.2, 0.25) is 0 Å². The van der Waals surface area contributed by atoms with Gasteiger partial charge in [-0.05, 0) is 120 Å². The average Bonchev–Trinajstić information content (AvgIpc) is 3.85. The summed E-state index contributed by atoms with van der Waals surface area (Å²) in [6, 6.07) is 69.6. The molecule has 9 aromatic rings. The van der Waals surface area contributed by atoms with Crippen LogP contribution in [0, 0.1) is 0 Å². The molecule has 0 saturated heterocycles. The smallest absolute Gasteiger partial charge is 0.0465 e. The molecule has 0 unspecified atom stereocenters. The lowest BCUT2D eigenvalue weighted by Crippen LogP contribution is -2.17. The highest BCUT2D eigenvalue weighted by molar-refractivity contribution is 7.22. The molecule has 0 saturated carbocycles. The van der Waals surface area contributed by atoms with Crippen LogP contribution in [0.4, 0.5) is 17.1 Å². The van der Waals surface area contributed by atoms with Gasteiger partial charge in [-0.2, -0.15) is 0 Å². The molecule has 11 rings (SSSR count). The first kappa shape index (κ1) is 34.7. The summed E-state index contributed by atoms with van der Waals surface area (Å²) in [5.41, 5.74) is 20.3. The normalized spacial score (nSPS) is 14.1. The number of thiophene rings is 1. The van der Waals surface area contributed by atoms with Gasteiger partial charge >= 0.3 is 0 Å². The van der Waals surface area contributed by atoms with E-state index in [0.717, 1.165) is 17.1 Å². The van der Waals surface area contributed by atoms with Crippen LogP contribution in [-0.4, -0.2) is 0 Å². The third kappa shape index (κ3) is 5.29. The highest BCUT2D eigenvalue weighted by Crippen LogP contribution is 2.58. The molecule has 1 heterocycles. The molecule has 1 aromatic heterocycles. The van der Waals surface area contributed by atoms with E-state index < -0.39 is 0 Å². The van der Waals surface area contributed by atoms with Crippen molar-refractivity contribution >= 4 is 38.5 Å². The third-order valence-corrected chi connectivity index (χ3v) is 14.1. The van der Waals surface area contributed by atoms with Crippen molar-refractivity contribution < 1.29 is 0 Å². The van der Waals surface area contributed by atoms with Crippen LogP contribution < -0.4 is 4.90 Å². The number of nitrogens with zero attached hydrogens (tertiary/aromatic N) is 1. The zero-order valence-electron chi connectivity index (χ0n) is 33.3. The molecule has 1 nitrogen and oxygen atoms in total. The molecular formula is C56H43NS. The van der Waals surface area contributed by atoms with E-state index in [-0.39, 0.29) is 10.8 Å². The molecule has 0 fully saturated rings. The van der Waals surface area contributed by atoms with E-state index in [4.69, 9.17) is 0 Å². The Bertz CT molecular complexity index is 3020. The van der Waals surface area contributed by atoms with Crippen LogP contribution in [0.5, 0.6) is 0 Å². The molecular weight excluding hydrogens is 719 g/mol. The Hall–Kier alpha value is -6.48. The summed E-state index contributed by atoms with van der Waals surface area (Å²) in [5, 5.41) is 1.39. The monoisotopic (exact) mass is 761 g/mol. The van der Waals surface area contributed by atoms with Crippen molar-refractivity contribution in [3.63, 3.8) is 0 Å². The fraction of sp³-hybridized carbons (Fsp3) is 0.107. The minimum Gasteiger partial charge on any atom is -0.310 e. The molecule has 0 N–H and O–H groups in total. The molecule has 0 amide bonds. The Labute approximate surface area is 345 Å². The predicted octanol–water partition coefficient (Wildman–Crippen LogP) is 16.0. The number of fused-ring (bicyclic) bond motifs is 8. The Kier molecular flexibility index (Phi) is 7.80. The Morgan fingerprint density at radius 3 is 1.59 bits per heavy atom. The molecule has 0 atom stereocenters. The topological polar surface area (TPSA) is 3.24 Å². The number of hydrogen-bond acceptors (Lipinski definition) is 2. The van der Waals surface area contributed by atoms with Crippen LogP contribution in [0.3, 0.4) is 0 Å². The first-order chi connectivity index (χ1) is 28.3. The van der Waals surface area contributed by atoms with E-state index in [2.05, 4.69) is 221 Å². The Morgan fingerprint density at radius 1 is 0.362 bits per heavy atom. The van der Waals surface area contributed by atoms with Crippen LogP contribution in [-0.2, 0) is 10.8 Å². The van der Waals surface area contributed by atoms with Gasteiger partial charge in [0, 0.05) is 37.5 Å². The number of hydrogen-bond donors (Lipinski definition) is 0. The Morgan fingerprint density at radius 2 is 0.879 bits per heavy atom. The summed E-state index contributed by atoms with van der Waals surface area (Å²) in [6.07, 6.45) is 0. The quantitative estimate of drug-likeness (QED) is 0.163. The Balaban J connectivity index is 0.991. The highest BCUT2D eigenvalue weighted by Gasteiger charge is 2.40. The first-order valence-corrected chi connectivity index (χ1v) is 21.2. The summed E-state index contributed by atoms with van der Waals surface area (Å²) >= 11 is 1.93. The summed E-state index contributed by atoms with van der Waals surface area (Å²) in [7, 11) is 0. The van der Waals surface area contributed by atoms with Crippen molar-refractivity contribution in [2.24, 2.45) is 0 Å². The summed E-state index contributed by atoms with van der Waals surface area (Å²) < 4.78 is 1.37. The summed E-state index contributed by atoms with van der Waals surface area (Å²) in [4.78, 5) is 3.84. The maximum atomic E-state index is 2.43. The van der Waals surface area contributed by atoms with E-state index >= 15 is 0 Å². The van der Waals surface area contributed by atoms with Crippen molar-refractivity contribution in [1.29, 1.82) is 0 Å². The third-order valence-electron chi connectivity index (χ3n) is 12.9. The van der Waals surface area contributed by atoms with Gasteiger partial charge in [0.15, 0.2) is 0 Å². The van der Waals surface area contributed by atoms with Crippen LogP contribution in [0.25, 0.3) is 65.0 Å². The molecule has 0 aliphatic heterocycles. The lowest BCUT2D eigenvalue weighted by Gasteiger charge is -2.29. The van der Waals surface area contributed by atoms with Gasteiger partial charge in [-0.15, -0.1) is 11.3 Å². The minimum atomic E-state index is -0.107. The highest BCUT2D eigenvalue weighted by atomic mass is 32.1. The first-order valence-electron chi connectivity index (χ1n) is 20.3. The van der Waals surface area contributed by atoms with Gasteiger partial charge in [0.1, 0.15) is 0 Å². The zero-order chi connectivity index (χ0) is 39.2. The van der Waals surface area contributed by atoms with Gasteiger partial charge < -0.3 is 4.90 Å². The zero-order valence-corrected chi connectivity index (χ0v) is 34.1. The second-order valence-electron chi connectivity index (χ2n) is 16.9. The molecule has 2 aliphatic carbocycles. The van der Waals surface area contributed by atoms with Crippen molar-refractivity contribution in [1.82, 2.24) is 0 Å². The average molecular weight is 762 g/mol. The molecule has 2 aliphatic rings. The fourth-order valence-corrected chi connectivity index (χ4v) is 11.4. The van der Waals surface area contributed by atoms with Crippen LogP contribution >= 0.6 is 11.3 Å². The fourth-order valence-electron chi connectivity index (χ4n) is 9.99. The van der Waals surface area contributed by atoms with Crippen molar-refractivity contribution in [3.05, 3.63) is 210 Å². The second-order valence-corrected chi connectivity index (χ2v) is 18.0. The molecule has 2 heteroatoms. The van der Waals surface area contributed by atoms with Gasteiger partial charge in [0.25, 0.3) is 0 Å². The van der Waals surface area contributed by atoms with Gasteiger partial charge in [-0.25, -0.2) is 0 Å². The van der Waals surface area contributed by atoms with E-state index in [1.165, 1.54) is 87.3 Å². The molecule has 8 aromatic carbocycles. The summed E-state index contributed by atoms with van der Waals surface area (Å²) in [5.74, 6) is 0. The van der Waals surface area contributed by atoms with Gasteiger partial charge in [0.2, 0.25) is 0 Å². The predicted molar refractivity (Wildman–Crippen MR) is 248 cm³/mol. The molecule has 0 spiro atoms. The van der Waals surface area contributed by atoms with Crippen molar-refractivity contribution in [3.8, 4) is 54.9 Å². The van der Waals surface area contributed by atoms with E-state index in [0.29, 0.717) is 0 Å². The van der Waals surface area contributed by atoms with Crippen molar-refractivity contribution in [2.45, 2.75) is 38.5 Å². The SMILES string of the molecule is CC1(C)c2ccccc2-c2ccc(N(c3ccc(-c4ccc(-c5ccccc5)cc4)cc3)c3ccc(-c4cccc5c4C(C)(C)c4c-5sc5ccccc45)cc3)cc21. The summed E-state index contributed by atoms with van der Waals surface area (Å²) in [6.45, 7) is 9.54. The molecule has 278 valence electrons. The van der Waals surface area contributed by atoms with E-state index in [1.54, 1.807) is 0 Å².